The number of thiazole rings is 1. The summed E-state index contributed by atoms with van der Waals surface area (Å²) in [4.78, 5) is 31.6. The van der Waals surface area contributed by atoms with E-state index in [1.54, 1.807) is 21.5 Å². The van der Waals surface area contributed by atoms with E-state index in [2.05, 4.69) is 15.4 Å². The molecule has 10 heteroatoms. The van der Waals surface area contributed by atoms with Crippen molar-refractivity contribution in [3.63, 3.8) is 0 Å². The van der Waals surface area contributed by atoms with Crippen molar-refractivity contribution >= 4 is 57.3 Å². The zero-order chi connectivity index (χ0) is 20.9. The van der Waals surface area contributed by atoms with Crippen molar-refractivity contribution in [1.82, 2.24) is 19.5 Å². The SMILES string of the molecule is CC(C)(C)N1CC(C(=O)Nc2nc3scc(-c4ccc(Cl)cc4Cl)n3n2)CC1=O. The summed E-state index contributed by atoms with van der Waals surface area (Å²) in [5.41, 5.74) is 1.22. The van der Waals surface area contributed by atoms with E-state index in [4.69, 9.17) is 23.2 Å². The second kappa shape index (κ2) is 7.27. The number of carbonyl (C=O) groups excluding carboxylic acids is 2. The van der Waals surface area contributed by atoms with E-state index in [0.29, 0.717) is 21.6 Å². The number of rotatable bonds is 3. The quantitative estimate of drug-likeness (QED) is 0.641. The lowest BCUT2D eigenvalue weighted by atomic mass is 10.1. The summed E-state index contributed by atoms with van der Waals surface area (Å²) in [5, 5.41) is 10.1. The molecule has 1 fully saturated rings. The minimum atomic E-state index is -0.423. The Hall–Kier alpha value is -2.16. The first-order valence-electron chi connectivity index (χ1n) is 9.04. The fourth-order valence-electron chi connectivity index (χ4n) is 3.36. The van der Waals surface area contributed by atoms with Crippen LogP contribution in [-0.4, -0.2) is 43.4 Å². The monoisotopic (exact) mass is 451 g/mol. The number of hydrogen-bond acceptors (Lipinski definition) is 5. The summed E-state index contributed by atoms with van der Waals surface area (Å²) < 4.78 is 1.64. The summed E-state index contributed by atoms with van der Waals surface area (Å²) in [6.07, 6.45) is 0.191. The maximum absolute atomic E-state index is 12.7. The van der Waals surface area contributed by atoms with Crippen LogP contribution in [-0.2, 0) is 9.59 Å². The van der Waals surface area contributed by atoms with Crippen LogP contribution < -0.4 is 5.32 Å². The number of carbonyl (C=O) groups is 2. The first-order chi connectivity index (χ1) is 13.6. The van der Waals surface area contributed by atoms with Gasteiger partial charge in [-0.25, -0.2) is 4.52 Å². The molecule has 0 aliphatic carbocycles. The van der Waals surface area contributed by atoms with E-state index in [-0.39, 0.29) is 29.7 Å². The van der Waals surface area contributed by atoms with E-state index in [1.807, 2.05) is 32.2 Å². The van der Waals surface area contributed by atoms with Gasteiger partial charge in [-0.05, 0) is 39.0 Å². The Balaban J connectivity index is 1.55. The molecule has 1 atom stereocenters. The highest BCUT2D eigenvalue weighted by Crippen LogP contribution is 2.33. The van der Waals surface area contributed by atoms with Gasteiger partial charge in [0.2, 0.25) is 22.7 Å². The summed E-state index contributed by atoms with van der Waals surface area (Å²) in [5.74, 6) is -0.492. The number of hydrogen-bond donors (Lipinski definition) is 1. The van der Waals surface area contributed by atoms with Crippen LogP contribution >= 0.6 is 34.5 Å². The van der Waals surface area contributed by atoms with Crippen LogP contribution in [0.5, 0.6) is 0 Å². The highest BCUT2D eigenvalue weighted by atomic mass is 35.5. The zero-order valence-electron chi connectivity index (χ0n) is 16.1. The molecule has 1 aliphatic rings. The normalized spacial score (nSPS) is 17.3. The topological polar surface area (TPSA) is 79.6 Å². The molecule has 29 heavy (non-hydrogen) atoms. The average Bonchev–Trinajstić information content (AvgIpc) is 3.29. The standard InChI is InChI=1S/C19H19Cl2N5O2S/c1-19(2,3)25-8-10(6-15(25)27)16(28)22-17-23-18-26(24-17)14(9-29-18)12-5-4-11(20)7-13(12)21/h4-5,7,9-10H,6,8H2,1-3H3,(H,22,24,28). The number of benzene rings is 1. The van der Waals surface area contributed by atoms with Crippen molar-refractivity contribution in [3.8, 4) is 11.3 Å². The Bertz CT molecular complexity index is 1120. The third-order valence-electron chi connectivity index (χ3n) is 4.83. The lowest BCUT2D eigenvalue weighted by molar-refractivity contribution is -0.131. The lowest BCUT2D eigenvalue weighted by Crippen LogP contribution is -2.42. The molecular formula is C19H19Cl2N5O2S. The molecule has 3 heterocycles. The van der Waals surface area contributed by atoms with Crippen LogP contribution in [0.1, 0.15) is 27.2 Å². The Morgan fingerprint density at radius 1 is 1.31 bits per heavy atom. The first-order valence-corrected chi connectivity index (χ1v) is 10.7. The Morgan fingerprint density at radius 2 is 2.07 bits per heavy atom. The number of amides is 2. The highest BCUT2D eigenvalue weighted by molar-refractivity contribution is 7.15. The molecule has 1 N–H and O–H groups in total. The van der Waals surface area contributed by atoms with Crippen LogP contribution in [0.15, 0.2) is 23.6 Å². The van der Waals surface area contributed by atoms with Crippen LogP contribution in [0, 0.1) is 5.92 Å². The summed E-state index contributed by atoms with van der Waals surface area (Å²) >= 11 is 13.7. The van der Waals surface area contributed by atoms with Crippen molar-refractivity contribution in [1.29, 1.82) is 0 Å². The van der Waals surface area contributed by atoms with Crippen LogP contribution in [0.4, 0.5) is 5.95 Å². The average molecular weight is 452 g/mol. The van der Waals surface area contributed by atoms with Gasteiger partial charge in [0.05, 0.1) is 16.6 Å². The van der Waals surface area contributed by atoms with E-state index < -0.39 is 5.92 Å². The van der Waals surface area contributed by atoms with E-state index >= 15 is 0 Å². The highest BCUT2D eigenvalue weighted by Gasteiger charge is 2.39. The summed E-state index contributed by atoms with van der Waals surface area (Å²) in [6, 6.07) is 5.24. The first kappa shape index (κ1) is 20.1. The molecule has 1 aliphatic heterocycles. The van der Waals surface area contributed by atoms with Crippen LogP contribution in [0.3, 0.4) is 0 Å². The van der Waals surface area contributed by atoms with Gasteiger partial charge in [0.15, 0.2) is 0 Å². The third-order valence-corrected chi connectivity index (χ3v) is 6.19. The number of likely N-dealkylation sites (tertiary alicyclic amines) is 1. The van der Waals surface area contributed by atoms with Crippen molar-refractivity contribution in [2.45, 2.75) is 32.7 Å². The van der Waals surface area contributed by atoms with Crippen LogP contribution in [0.25, 0.3) is 16.2 Å². The van der Waals surface area contributed by atoms with Crippen molar-refractivity contribution < 1.29 is 9.59 Å². The second-order valence-corrected chi connectivity index (χ2v) is 9.62. The zero-order valence-corrected chi connectivity index (χ0v) is 18.4. The molecule has 152 valence electrons. The van der Waals surface area contributed by atoms with Gasteiger partial charge in [-0.2, -0.15) is 4.98 Å². The Morgan fingerprint density at radius 3 is 2.72 bits per heavy atom. The minimum absolute atomic E-state index is 0.0175. The van der Waals surface area contributed by atoms with E-state index in [1.165, 1.54) is 11.3 Å². The number of nitrogens with zero attached hydrogens (tertiary/aromatic N) is 4. The molecule has 1 unspecified atom stereocenters. The number of halogens is 2. The van der Waals surface area contributed by atoms with E-state index in [9.17, 15) is 9.59 Å². The van der Waals surface area contributed by atoms with Gasteiger partial charge in [-0.3, -0.25) is 14.9 Å². The fourth-order valence-corrected chi connectivity index (χ4v) is 4.69. The van der Waals surface area contributed by atoms with Gasteiger partial charge >= 0.3 is 0 Å². The maximum atomic E-state index is 12.7. The lowest BCUT2D eigenvalue weighted by Gasteiger charge is -2.31. The predicted molar refractivity (Wildman–Crippen MR) is 115 cm³/mol. The molecule has 2 amide bonds. The number of anilines is 1. The molecule has 4 rings (SSSR count). The molecule has 0 radical (unpaired) electrons. The smallest absolute Gasteiger partial charge is 0.250 e. The fraction of sp³-hybridized carbons (Fsp3) is 0.368. The van der Waals surface area contributed by atoms with Gasteiger partial charge in [-0.1, -0.05) is 23.2 Å². The molecule has 0 spiro atoms. The third kappa shape index (κ3) is 3.84. The largest absolute Gasteiger partial charge is 0.337 e. The summed E-state index contributed by atoms with van der Waals surface area (Å²) in [6.45, 7) is 6.26. The molecule has 0 saturated carbocycles. The number of nitrogens with one attached hydrogen (secondary N) is 1. The maximum Gasteiger partial charge on any atom is 0.250 e. The van der Waals surface area contributed by atoms with Crippen LogP contribution in [0.2, 0.25) is 10.0 Å². The van der Waals surface area contributed by atoms with Crippen molar-refractivity contribution in [3.05, 3.63) is 33.6 Å². The van der Waals surface area contributed by atoms with Crippen molar-refractivity contribution in [2.24, 2.45) is 5.92 Å². The molecule has 2 aromatic heterocycles. The second-order valence-electron chi connectivity index (χ2n) is 7.94. The molecule has 7 nitrogen and oxygen atoms in total. The van der Waals surface area contributed by atoms with Crippen molar-refractivity contribution in [2.75, 3.05) is 11.9 Å². The molecule has 1 aromatic carbocycles. The molecular weight excluding hydrogens is 433 g/mol. The van der Waals surface area contributed by atoms with Gasteiger partial charge in [0.25, 0.3) is 0 Å². The molecule has 0 bridgehead atoms. The minimum Gasteiger partial charge on any atom is -0.337 e. The summed E-state index contributed by atoms with van der Waals surface area (Å²) in [7, 11) is 0. The van der Waals surface area contributed by atoms with Gasteiger partial charge in [-0.15, -0.1) is 16.4 Å². The number of fused-ring (bicyclic) bond motifs is 1. The van der Waals surface area contributed by atoms with Gasteiger partial charge in [0, 0.05) is 34.5 Å². The van der Waals surface area contributed by atoms with E-state index in [0.717, 1.165) is 11.3 Å². The molecule has 1 saturated heterocycles. The predicted octanol–water partition coefficient (Wildman–Crippen LogP) is 4.35. The van der Waals surface area contributed by atoms with Gasteiger partial charge in [0.1, 0.15) is 0 Å². The molecule has 3 aromatic rings. The van der Waals surface area contributed by atoms with Gasteiger partial charge < -0.3 is 4.90 Å². The Kier molecular flexibility index (Phi) is 5.04. The number of aromatic nitrogens is 3. The Labute approximate surface area is 181 Å².